The molecule has 0 aliphatic carbocycles. The highest BCUT2D eigenvalue weighted by Gasteiger charge is 2.27. The van der Waals surface area contributed by atoms with Gasteiger partial charge in [-0.1, -0.05) is 0 Å². The second kappa shape index (κ2) is 9.08. The monoisotopic (exact) mass is 350 g/mol. The molecule has 1 heterocycles. The number of hydrogen-bond acceptors (Lipinski definition) is 4. The summed E-state index contributed by atoms with van der Waals surface area (Å²) >= 11 is 0. The van der Waals surface area contributed by atoms with Crippen molar-refractivity contribution < 1.29 is 18.4 Å². The predicted molar refractivity (Wildman–Crippen MR) is 86.0 cm³/mol. The summed E-state index contributed by atoms with van der Waals surface area (Å²) in [6.45, 7) is 0.980. The number of benzene rings is 1. The van der Waals surface area contributed by atoms with Crippen molar-refractivity contribution in [3.05, 3.63) is 35.4 Å². The molecule has 6 nitrogen and oxygen atoms in total. The first-order chi connectivity index (χ1) is 12.0. The van der Waals surface area contributed by atoms with Crippen LogP contribution in [0.25, 0.3) is 0 Å². The molecule has 0 bridgehead atoms. The van der Waals surface area contributed by atoms with E-state index in [-0.39, 0.29) is 37.4 Å². The van der Waals surface area contributed by atoms with E-state index in [1.807, 2.05) is 0 Å². The third kappa shape index (κ3) is 5.80. The van der Waals surface area contributed by atoms with Crippen LogP contribution in [0.4, 0.5) is 8.78 Å². The van der Waals surface area contributed by atoms with Crippen molar-refractivity contribution in [2.45, 2.75) is 31.8 Å². The van der Waals surface area contributed by atoms with Gasteiger partial charge in [-0.05, 0) is 30.5 Å². The highest BCUT2D eigenvalue weighted by molar-refractivity contribution is 5.79. The van der Waals surface area contributed by atoms with Crippen LogP contribution in [0.1, 0.15) is 24.8 Å². The molecule has 134 valence electrons. The van der Waals surface area contributed by atoms with Gasteiger partial charge in [0.25, 0.3) is 0 Å². The minimum absolute atomic E-state index is 0.0318. The first kappa shape index (κ1) is 18.8. The number of likely N-dealkylation sites (tertiary alicyclic amines) is 1. The molecule has 1 aliphatic rings. The Morgan fingerprint density at radius 3 is 2.68 bits per heavy atom. The van der Waals surface area contributed by atoms with Crippen LogP contribution >= 0.6 is 0 Å². The third-order valence-electron chi connectivity index (χ3n) is 3.94. The molecule has 0 unspecified atom stereocenters. The second-order valence-corrected chi connectivity index (χ2v) is 5.86. The van der Waals surface area contributed by atoms with Crippen LogP contribution in [0.3, 0.4) is 0 Å². The van der Waals surface area contributed by atoms with E-state index in [0.717, 1.165) is 24.6 Å². The normalized spacial score (nSPS) is 16.5. The molecular formula is C17H20F2N4O2. The molecule has 1 atom stereocenters. The lowest BCUT2D eigenvalue weighted by Gasteiger charge is -2.19. The van der Waals surface area contributed by atoms with Crippen LogP contribution in [-0.2, 0) is 16.1 Å². The summed E-state index contributed by atoms with van der Waals surface area (Å²) < 4.78 is 26.1. The van der Waals surface area contributed by atoms with Crippen molar-refractivity contribution >= 4 is 11.8 Å². The third-order valence-corrected chi connectivity index (χ3v) is 3.94. The van der Waals surface area contributed by atoms with Gasteiger partial charge >= 0.3 is 0 Å². The molecule has 2 N–H and O–H groups in total. The van der Waals surface area contributed by atoms with Gasteiger partial charge < -0.3 is 15.5 Å². The van der Waals surface area contributed by atoms with Crippen molar-refractivity contribution in [1.29, 1.82) is 5.26 Å². The van der Waals surface area contributed by atoms with Crippen molar-refractivity contribution in [2.75, 3.05) is 19.6 Å². The Hall–Kier alpha value is -2.53. The number of carbonyl (C=O) groups is 2. The maximum atomic E-state index is 13.0. The molecule has 0 spiro atoms. The molecule has 2 rings (SSSR count). The fourth-order valence-electron chi connectivity index (χ4n) is 2.70. The summed E-state index contributed by atoms with van der Waals surface area (Å²) in [7, 11) is 0. The van der Waals surface area contributed by atoms with E-state index in [1.54, 1.807) is 4.90 Å². The minimum Gasteiger partial charge on any atom is -0.352 e. The summed E-state index contributed by atoms with van der Waals surface area (Å²) in [6.07, 6.45) is 1.66. The van der Waals surface area contributed by atoms with Crippen molar-refractivity contribution in [3.8, 4) is 6.07 Å². The molecule has 0 radical (unpaired) electrons. The van der Waals surface area contributed by atoms with Crippen LogP contribution in [0.5, 0.6) is 0 Å². The topological polar surface area (TPSA) is 85.2 Å². The van der Waals surface area contributed by atoms with Crippen LogP contribution in [0.15, 0.2) is 18.2 Å². The SMILES string of the molecule is N#C[C@@H]1CCCN1C(=O)CNCCC(=O)NCc1cc(F)cc(F)c1. The molecule has 8 heteroatoms. The maximum absolute atomic E-state index is 13.0. The molecule has 1 aromatic carbocycles. The highest BCUT2D eigenvalue weighted by atomic mass is 19.1. The molecular weight excluding hydrogens is 330 g/mol. The van der Waals surface area contributed by atoms with E-state index in [0.29, 0.717) is 25.1 Å². The second-order valence-electron chi connectivity index (χ2n) is 5.86. The summed E-state index contributed by atoms with van der Waals surface area (Å²) in [5.74, 6) is -1.83. The molecule has 0 saturated carbocycles. The van der Waals surface area contributed by atoms with Gasteiger partial charge in [-0.2, -0.15) is 5.26 Å². The van der Waals surface area contributed by atoms with Crippen LogP contribution in [0, 0.1) is 23.0 Å². The number of nitrogens with one attached hydrogen (secondary N) is 2. The van der Waals surface area contributed by atoms with Gasteiger partial charge in [0.05, 0.1) is 12.6 Å². The molecule has 1 aromatic rings. The Morgan fingerprint density at radius 2 is 2.00 bits per heavy atom. The Labute approximate surface area is 144 Å². The van der Waals surface area contributed by atoms with E-state index >= 15 is 0 Å². The van der Waals surface area contributed by atoms with E-state index < -0.39 is 11.6 Å². The van der Waals surface area contributed by atoms with E-state index in [4.69, 9.17) is 5.26 Å². The van der Waals surface area contributed by atoms with Gasteiger partial charge in [-0.15, -0.1) is 0 Å². The fraction of sp³-hybridized carbons (Fsp3) is 0.471. The zero-order valence-corrected chi connectivity index (χ0v) is 13.7. The van der Waals surface area contributed by atoms with Gasteiger partial charge in [0, 0.05) is 32.1 Å². The maximum Gasteiger partial charge on any atom is 0.237 e. The molecule has 0 aromatic heterocycles. The summed E-state index contributed by atoms with van der Waals surface area (Å²) in [5.41, 5.74) is 0.338. The fourth-order valence-corrected chi connectivity index (χ4v) is 2.70. The first-order valence-electron chi connectivity index (χ1n) is 8.11. The summed E-state index contributed by atoms with van der Waals surface area (Å²) in [5, 5.41) is 14.4. The average molecular weight is 350 g/mol. The van der Waals surface area contributed by atoms with Gasteiger partial charge in [-0.25, -0.2) is 8.78 Å². The number of halogens is 2. The van der Waals surface area contributed by atoms with E-state index in [1.165, 1.54) is 0 Å². The van der Waals surface area contributed by atoms with Gasteiger partial charge in [0.1, 0.15) is 17.7 Å². The number of carbonyl (C=O) groups excluding carboxylic acids is 2. The molecule has 1 fully saturated rings. The lowest BCUT2D eigenvalue weighted by Crippen LogP contribution is -2.41. The van der Waals surface area contributed by atoms with Gasteiger partial charge in [-0.3, -0.25) is 9.59 Å². The van der Waals surface area contributed by atoms with Crippen LogP contribution in [-0.4, -0.2) is 42.4 Å². The smallest absolute Gasteiger partial charge is 0.237 e. The van der Waals surface area contributed by atoms with Crippen molar-refractivity contribution in [1.82, 2.24) is 15.5 Å². The lowest BCUT2D eigenvalue weighted by atomic mass is 10.2. The quantitative estimate of drug-likeness (QED) is 0.721. The number of nitrogens with zero attached hydrogens (tertiary/aromatic N) is 2. The number of hydrogen-bond donors (Lipinski definition) is 2. The first-order valence-corrected chi connectivity index (χ1v) is 8.11. The largest absolute Gasteiger partial charge is 0.352 e. The molecule has 25 heavy (non-hydrogen) atoms. The standard InChI is InChI=1S/C17H20F2N4O2/c18-13-6-12(7-14(19)8-13)10-22-16(24)3-4-21-11-17(25)23-5-1-2-15(23)9-20/h6-8,15,21H,1-5,10-11H2,(H,22,24)/t15-/m0/s1. The average Bonchev–Trinajstić information content (AvgIpc) is 3.04. The van der Waals surface area contributed by atoms with Gasteiger partial charge in [0.2, 0.25) is 11.8 Å². The number of rotatable bonds is 7. The van der Waals surface area contributed by atoms with E-state index in [2.05, 4.69) is 16.7 Å². The van der Waals surface area contributed by atoms with Crippen molar-refractivity contribution in [3.63, 3.8) is 0 Å². The lowest BCUT2D eigenvalue weighted by molar-refractivity contribution is -0.130. The highest BCUT2D eigenvalue weighted by Crippen LogP contribution is 2.15. The van der Waals surface area contributed by atoms with Crippen LogP contribution < -0.4 is 10.6 Å². The Kier molecular flexibility index (Phi) is 6.83. The Balaban J connectivity index is 1.64. The summed E-state index contributed by atoms with van der Waals surface area (Å²) in [6, 6.07) is 4.82. The summed E-state index contributed by atoms with van der Waals surface area (Å²) in [4.78, 5) is 25.2. The Morgan fingerprint density at radius 1 is 1.28 bits per heavy atom. The molecule has 2 amide bonds. The predicted octanol–water partition coefficient (Wildman–Crippen LogP) is 1.08. The number of amides is 2. The molecule has 1 saturated heterocycles. The van der Waals surface area contributed by atoms with Crippen LogP contribution in [0.2, 0.25) is 0 Å². The number of nitriles is 1. The zero-order valence-electron chi connectivity index (χ0n) is 13.7. The molecule has 1 aliphatic heterocycles. The minimum atomic E-state index is -0.693. The van der Waals surface area contributed by atoms with Gasteiger partial charge in [0.15, 0.2) is 0 Å². The van der Waals surface area contributed by atoms with Crippen molar-refractivity contribution in [2.24, 2.45) is 0 Å². The zero-order chi connectivity index (χ0) is 18.2. The Bertz CT molecular complexity index is 655. The van der Waals surface area contributed by atoms with E-state index in [9.17, 15) is 18.4 Å².